The summed E-state index contributed by atoms with van der Waals surface area (Å²) >= 11 is 0. The van der Waals surface area contributed by atoms with Crippen molar-refractivity contribution in [3.63, 3.8) is 0 Å². The van der Waals surface area contributed by atoms with Gasteiger partial charge in [0.05, 0.1) is 11.4 Å². The fraction of sp³-hybridized carbons (Fsp3) is 0. The maximum absolute atomic E-state index is 5.28. The number of aromatic nitrogens is 3. The van der Waals surface area contributed by atoms with Gasteiger partial charge in [-0.25, -0.2) is 9.97 Å². The SMILES string of the molecule is [Ir].[c-]1ccc(-c2nc(-c3cccc(-c4ccccc4)c3)cc(-c3cccc(-c4cc(-c5ccccc5)cc(-c5ccccc5)c4)c3)n2)cc1-c1cc2ccccc2cn1. The van der Waals surface area contributed by atoms with Crippen LogP contribution in [0.1, 0.15) is 0 Å². The van der Waals surface area contributed by atoms with E-state index in [1.165, 1.54) is 22.3 Å². The van der Waals surface area contributed by atoms with Crippen LogP contribution in [-0.4, -0.2) is 15.0 Å². The van der Waals surface area contributed by atoms with Gasteiger partial charge in [0.1, 0.15) is 5.82 Å². The number of hydrogen-bond donors (Lipinski definition) is 0. The Balaban J connectivity index is 0.00000449. The van der Waals surface area contributed by atoms with Crippen LogP contribution in [0.25, 0.3) is 100 Å². The van der Waals surface area contributed by atoms with Crippen molar-refractivity contribution in [2.75, 3.05) is 0 Å². The molecule has 59 heavy (non-hydrogen) atoms. The van der Waals surface area contributed by atoms with E-state index in [1.54, 1.807) is 0 Å². The van der Waals surface area contributed by atoms with E-state index in [-0.39, 0.29) is 20.1 Å². The zero-order chi connectivity index (χ0) is 38.7. The number of benzene rings is 8. The maximum Gasteiger partial charge on any atom is 0.142 e. The summed E-state index contributed by atoms with van der Waals surface area (Å²) in [6, 6.07) is 77.8. The Hall–Kier alpha value is -7.10. The smallest absolute Gasteiger partial charge is 0.142 e. The number of fused-ring (bicyclic) bond motifs is 1. The minimum absolute atomic E-state index is 0. The molecule has 0 aliphatic rings. The Bertz CT molecular complexity index is 3000. The van der Waals surface area contributed by atoms with Gasteiger partial charge in [0, 0.05) is 37.4 Å². The van der Waals surface area contributed by atoms with E-state index in [0.29, 0.717) is 5.82 Å². The number of nitrogens with zero attached hydrogens (tertiary/aromatic N) is 3. The average Bonchev–Trinajstić information content (AvgIpc) is 3.32. The minimum atomic E-state index is 0. The number of pyridine rings is 1. The summed E-state index contributed by atoms with van der Waals surface area (Å²) in [7, 11) is 0. The van der Waals surface area contributed by atoms with E-state index in [1.807, 2.05) is 30.5 Å². The largest absolute Gasteiger partial charge is 0.304 e. The fourth-order valence-electron chi connectivity index (χ4n) is 7.59. The molecule has 0 aliphatic heterocycles. The summed E-state index contributed by atoms with van der Waals surface area (Å²) in [5.74, 6) is 0.636. The van der Waals surface area contributed by atoms with Gasteiger partial charge in [-0.05, 0) is 97.4 Å². The normalized spacial score (nSPS) is 10.9. The molecule has 8 aromatic carbocycles. The molecule has 3 nitrogen and oxygen atoms in total. The van der Waals surface area contributed by atoms with Crippen LogP contribution in [0.4, 0.5) is 0 Å². The molecule has 0 bridgehead atoms. The zero-order valence-electron chi connectivity index (χ0n) is 32.0. The third-order valence-corrected chi connectivity index (χ3v) is 10.6. The van der Waals surface area contributed by atoms with E-state index >= 15 is 0 Å². The van der Waals surface area contributed by atoms with Crippen LogP contribution in [0.15, 0.2) is 219 Å². The average molecular weight is 931 g/mol. The van der Waals surface area contributed by atoms with Crippen LogP contribution in [0, 0.1) is 6.07 Å². The molecule has 0 spiro atoms. The van der Waals surface area contributed by atoms with Gasteiger partial charge in [-0.3, -0.25) is 0 Å². The first-order chi connectivity index (χ1) is 28.7. The Labute approximate surface area is 358 Å². The van der Waals surface area contributed by atoms with Gasteiger partial charge in [0.15, 0.2) is 0 Å². The molecule has 0 saturated carbocycles. The van der Waals surface area contributed by atoms with Crippen molar-refractivity contribution in [3.05, 3.63) is 225 Å². The molecule has 0 N–H and O–H groups in total. The molecule has 0 fully saturated rings. The van der Waals surface area contributed by atoms with Gasteiger partial charge in [-0.15, -0.1) is 29.8 Å². The maximum atomic E-state index is 5.28. The van der Waals surface area contributed by atoms with Crippen LogP contribution in [0.5, 0.6) is 0 Å². The van der Waals surface area contributed by atoms with Gasteiger partial charge >= 0.3 is 0 Å². The van der Waals surface area contributed by atoms with E-state index in [9.17, 15) is 0 Å². The summed E-state index contributed by atoms with van der Waals surface area (Å²) in [5.41, 5.74) is 15.6. The van der Waals surface area contributed by atoms with E-state index < -0.39 is 0 Å². The topological polar surface area (TPSA) is 38.7 Å². The molecule has 0 aliphatic carbocycles. The van der Waals surface area contributed by atoms with Crippen molar-refractivity contribution in [1.82, 2.24) is 15.0 Å². The molecular weight excluding hydrogens is 895 g/mol. The van der Waals surface area contributed by atoms with Crippen molar-refractivity contribution in [2.24, 2.45) is 0 Å². The summed E-state index contributed by atoms with van der Waals surface area (Å²) in [5, 5.41) is 2.24. The number of hydrogen-bond acceptors (Lipinski definition) is 3. The Morgan fingerprint density at radius 2 is 0.746 bits per heavy atom. The van der Waals surface area contributed by atoms with Gasteiger partial charge in [-0.2, -0.15) is 0 Å². The Morgan fingerprint density at radius 1 is 0.305 bits per heavy atom. The van der Waals surface area contributed by atoms with E-state index in [2.05, 4.69) is 194 Å². The van der Waals surface area contributed by atoms with Crippen LogP contribution < -0.4 is 0 Å². The van der Waals surface area contributed by atoms with Crippen molar-refractivity contribution in [1.29, 1.82) is 0 Å². The standard InChI is InChI=1S/C55H36N3.Ir/c1-4-15-38(16-5-1)41-23-12-26-45(29-41)53-36-54(58-55(57-53)47-28-14-25-44(31-47)52-35-43-21-10-11-22-48(43)37-56-52)46-27-13-24-42(30-46)51-33-49(39-17-6-2-7-18-39)32-50(34-51)40-19-8-3-9-20-40;/h1-24,26-37H;/q-1;. The molecule has 281 valence electrons. The van der Waals surface area contributed by atoms with Crippen LogP contribution in [-0.2, 0) is 20.1 Å². The zero-order valence-corrected chi connectivity index (χ0v) is 34.4. The fourth-order valence-corrected chi connectivity index (χ4v) is 7.59. The van der Waals surface area contributed by atoms with Gasteiger partial charge in [0.25, 0.3) is 0 Å². The van der Waals surface area contributed by atoms with Crippen LogP contribution in [0.3, 0.4) is 0 Å². The summed E-state index contributed by atoms with van der Waals surface area (Å²) in [6.45, 7) is 0. The molecule has 1 radical (unpaired) electrons. The van der Waals surface area contributed by atoms with Crippen LogP contribution >= 0.6 is 0 Å². The second-order valence-corrected chi connectivity index (χ2v) is 14.4. The molecule has 10 rings (SSSR count). The van der Waals surface area contributed by atoms with Crippen molar-refractivity contribution >= 4 is 10.8 Å². The Kier molecular flexibility index (Phi) is 10.7. The quantitative estimate of drug-likeness (QED) is 0.143. The first-order valence-corrected chi connectivity index (χ1v) is 19.5. The van der Waals surface area contributed by atoms with E-state index in [4.69, 9.17) is 15.0 Å². The summed E-state index contributed by atoms with van der Waals surface area (Å²) < 4.78 is 0. The second kappa shape index (κ2) is 16.8. The van der Waals surface area contributed by atoms with Gasteiger partial charge in [0.2, 0.25) is 0 Å². The molecule has 0 amide bonds. The molecule has 4 heteroatoms. The monoisotopic (exact) mass is 931 g/mol. The predicted molar refractivity (Wildman–Crippen MR) is 240 cm³/mol. The summed E-state index contributed by atoms with van der Waals surface area (Å²) in [6.07, 6.45) is 1.92. The summed E-state index contributed by atoms with van der Waals surface area (Å²) in [4.78, 5) is 15.3. The molecule has 0 atom stereocenters. The predicted octanol–water partition coefficient (Wildman–Crippen LogP) is 14.2. The van der Waals surface area contributed by atoms with Gasteiger partial charge < -0.3 is 4.98 Å². The van der Waals surface area contributed by atoms with E-state index in [0.717, 1.165) is 72.4 Å². The molecule has 0 unspecified atom stereocenters. The number of rotatable bonds is 8. The first kappa shape index (κ1) is 37.5. The van der Waals surface area contributed by atoms with Crippen LogP contribution in [0.2, 0.25) is 0 Å². The molecule has 2 heterocycles. The molecular formula is C55H36IrN3-. The third kappa shape index (κ3) is 8.06. The first-order valence-electron chi connectivity index (χ1n) is 19.5. The van der Waals surface area contributed by atoms with Crippen molar-refractivity contribution in [3.8, 4) is 89.7 Å². The molecule has 10 aromatic rings. The van der Waals surface area contributed by atoms with Gasteiger partial charge in [-0.1, -0.05) is 163 Å². The Morgan fingerprint density at radius 3 is 1.32 bits per heavy atom. The van der Waals surface area contributed by atoms with Crippen molar-refractivity contribution < 1.29 is 20.1 Å². The second-order valence-electron chi connectivity index (χ2n) is 14.4. The third-order valence-electron chi connectivity index (χ3n) is 10.6. The van der Waals surface area contributed by atoms with Crippen molar-refractivity contribution in [2.45, 2.75) is 0 Å². The molecule has 0 saturated heterocycles. The minimum Gasteiger partial charge on any atom is -0.304 e. The molecule has 2 aromatic heterocycles.